The zero-order chi connectivity index (χ0) is 26.5. The van der Waals surface area contributed by atoms with Gasteiger partial charge in [-0.2, -0.15) is 0 Å². The van der Waals surface area contributed by atoms with Crippen molar-refractivity contribution in [3.63, 3.8) is 0 Å². The van der Waals surface area contributed by atoms with Crippen LogP contribution in [0.15, 0.2) is 11.6 Å². The molecule has 5 fully saturated rings. The van der Waals surface area contributed by atoms with Gasteiger partial charge in [0.1, 0.15) is 0 Å². The van der Waals surface area contributed by atoms with Crippen LogP contribution in [0.25, 0.3) is 0 Å². The summed E-state index contributed by atoms with van der Waals surface area (Å²) in [6.07, 6.45) is 12.1. The molecule has 5 nitrogen and oxygen atoms in total. The summed E-state index contributed by atoms with van der Waals surface area (Å²) in [4.78, 5) is 12.6. The van der Waals surface area contributed by atoms with Gasteiger partial charge in [0.05, 0.1) is 6.10 Å². The zero-order valence-electron chi connectivity index (χ0n) is 23.5. The Morgan fingerprint density at radius 2 is 1.58 bits per heavy atom. The Bertz CT molecular complexity index is 1070. The summed E-state index contributed by atoms with van der Waals surface area (Å²) in [5.41, 5.74) is 1.95. The van der Waals surface area contributed by atoms with Crippen LogP contribution in [0, 0.1) is 50.7 Å². The van der Waals surface area contributed by atoms with Crippen molar-refractivity contribution in [2.24, 2.45) is 50.7 Å². The monoisotopic (exact) mass is 519 g/mol. The van der Waals surface area contributed by atoms with E-state index in [9.17, 15) is 17.8 Å². The fourth-order valence-electron chi connectivity index (χ4n) is 11.4. The van der Waals surface area contributed by atoms with E-state index >= 15 is 0 Å². The maximum Gasteiger partial charge on any atom is 0.217 e. The molecule has 9 atom stereocenters. The molecule has 5 aliphatic carbocycles. The molecule has 0 aliphatic heterocycles. The molecule has 5 saturated carbocycles. The van der Waals surface area contributed by atoms with Gasteiger partial charge in [0.25, 0.3) is 0 Å². The minimum absolute atomic E-state index is 0.261. The molecule has 0 radical (unpaired) electrons. The molecule has 0 amide bonds. The molecule has 0 saturated heterocycles. The Morgan fingerprint density at radius 1 is 0.944 bits per heavy atom. The summed E-state index contributed by atoms with van der Waals surface area (Å²) in [5, 5.41) is 0. The van der Waals surface area contributed by atoms with Crippen LogP contribution in [-0.4, -0.2) is 24.9 Å². The largest absolute Gasteiger partial charge is 0.726 e. The highest BCUT2D eigenvalue weighted by Crippen LogP contribution is 2.89. The van der Waals surface area contributed by atoms with Crippen LogP contribution < -0.4 is 0 Å². The lowest BCUT2D eigenvalue weighted by molar-refractivity contribution is -0.158. The second kappa shape index (κ2) is 8.14. The predicted octanol–water partition coefficient (Wildman–Crippen LogP) is 6.83. The molecule has 5 rings (SSSR count). The molecule has 204 valence electrons. The first-order valence-electron chi connectivity index (χ1n) is 14.3. The number of carbonyl (C=O) groups excluding carboxylic acids is 1. The van der Waals surface area contributed by atoms with Gasteiger partial charge >= 0.3 is 0 Å². The molecule has 36 heavy (non-hydrogen) atoms. The average molecular weight is 520 g/mol. The SMILES string of the molecule is CC(C)=CC(=O)C[C@@H](C)[C@H]1CC[C@@]2(C)[C@@H]3CC[C@H]4C(C)(C)C(OS(=O)(=O)[O-])CC[C@@]45C[C@@]35CC[C@]12C. The smallest absolute Gasteiger partial charge is 0.217 e. The van der Waals surface area contributed by atoms with Gasteiger partial charge in [-0.25, -0.2) is 8.42 Å². The summed E-state index contributed by atoms with van der Waals surface area (Å²) in [6.45, 7) is 15.7. The van der Waals surface area contributed by atoms with E-state index in [0.29, 0.717) is 41.9 Å². The summed E-state index contributed by atoms with van der Waals surface area (Å²) in [6, 6.07) is 0. The van der Waals surface area contributed by atoms with Gasteiger partial charge in [0.15, 0.2) is 5.78 Å². The second-order valence-electron chi connectivity index (χ2n) is 14.9. The Morgan fingerprint density at radius 3 is 2.22 bits per heavy atom. The fraction of sp³-hybridized carbons (Fsp3) is 0.900. The molecule has 0 aromatic carbocycles. The van der Waals surface area contributed by atoms with Gasteiger partial charge in [-0.15, -0.1) is 0 Å². The van der Waals surface area contributed by atoms with Crippen LogP contribution in [0.3, 0.4) is 0 Å². The molecule has 2 spiro atoms. The Kier molecular flexibility index (Phi) is 6.08. The van der Waals surface area contributed by atoms with E-state index in [1.54, 1.807) is 0 Å². The number of ketones is 1. The van der Waals surface area contributed by atoms with E-state index in [0.717, 1.165) is 18.4 Å². The molecule has 6 heteroatoms. The van der Waals surface area contributed by atoms with Gasteiger partial charge in [0, 0.05) is 6.42 Å². The van der Waals surface area contributed by atoms with Gasteiger partial charge in [0.2, 0.25) is 10.4 Å². The lowest BCUT2D eigenvalue weighted by atomic mass is 9.41. The second-order valence-corrected chi connectivity index (χ2v) is 15.9. The topological polar surface area (TPSA) is 83.5 Å². The quantitative estimate of drug-likeness (QED) is 0.218. The molecule has 0 bridgehead atoms. The Labute approximate surface area is 219 Å². The van der Waals surface area contributed by atoms with Crippen molar-refractivity contribution in [2.45, 2.75) is 119 Å². The molecule has 5 aliphatic rings. The highest BCUT2D eigenvalue weighted by atomic mass is 32.3. The first kappa shape index (κ1) is 26.9. The van der Waals surface area contributed by atoms with E-state index in [2.05, 4.69) is 34.6 Å². The number of hydrogen-bond donors (Lipinski definition) is 0. The molecule has 0 aromatic rings. The van der Waals surface area contributed by atoms with Gasteiger partial charge in [-0.05, 0) is 128 Å². The van der Waals surface area contributed by atoms with Crippen LogP contribution in [0.1, 0.15) is 113 Å². The molecule has 0 heterocycles. The minimum Gasteiger partial charge on any atom is -0.726 e. The third-order valence-corrected chi connectivity index (χ3v) is 13.5. The summed E-state index contributed by atoms with van der Waals surface area (Å²) in [5.74, 6) is 2.37. The van der Waals surface area contributed by atoms with Gasteiger partial charge in [-0.3, -0.25) is 8.98 Å². The van der Waals surface area contributed by atoms with Crippen LogP contribution in [-0.2, 0) is 19.4 Å². The third kappa shape index (κ3) is 3.59. The molecule has 1 unspecified atom stereocenters. The van der Waals surface area contributed by atoms with Crippen LogP contribution >= 0.6 is 0 Å². The maximum atomic E-state index is 12.6. The van der Waals surface area contributed by atoms with Crippen LogP contribution in [0.5, 0.6) is 0 Å². The lowest BCUT2D eigenvalue weighted by Gasteiger charge is -2.63. The zero-order valence-corrected chi connectivity index (χ0v) is 24.3. The van der Waals surface area contributed by atoms with Crippen molar-refractivity contribution in [1.82, 2.24) is 0 Å². The van der Waals surface area contributed by atoms with Crippen LogP contribution in [0.4, 0.5) is 0 Å². The van der Waals surface area contributed by atoms with Crippen molar-refractivity contribution in [1.29, 1.82) is 0 Å². The van der Waals surface area contributed by atoms with E-state index < -0.39 is 16.5 Å². The highest BCUT2D eigenvalue weighted by molar-refractivity contribution is 7.80. The van der Waals surface area contributed by atoms with E-state index in [-0.39, 0.29) is 27.4 Å². The first-order chi connectivity index (χ1) is 16.5. The fourth-order valence-corrected chi connectivity index (χ4v) is 12.1. The summed E-state index contributed by atoms with van der Waals surface area (Å²) >= 11 is 0. The van der Waals surface area contributed by atoms with E-state index in [1.165, 1.54) is 38.5 Å². The maximum absolute atomic E-state index is 12.6. The number of rotatable bonds is 6. The average Bonchev–Trinajstić information content (AvgIpc) is 3.31. The number of hydrogen-bond acceptors (Lipinski definition) is 5. The molecule has 0 aromatic heterocycles. The predicted molar refractivity (Wildman–Crippen MR) is 140 cm³/mol. The van der Waals surface area contributed by atoms with Crippen molar-refractivity contribution < 1.29 is 21.9 Å². The Hall–Kier alpha value is -0.720. The number of carbonyl (C=O) groups is 1. The molecular weight excluding hydrogens is 472 g/mol. The third-order valence-electron chi connectivity index (χ3n) is 13.0. The first-order valence-corrected chi connectivity index (χ1v) is 15.7. The van der Waals surface area contributed by atoms with E-state index in [1.807, 2.05) is 19.9 Å². The van der Waals surface area contributed by atoms with Gasteiger partial charge < -0.3 is 4.55 Å². The van der Waals surface area contributed by atoms with Gasteiger partial charge in [-0.1, -0.05) is 40.2 Å². The highest BCUT2D eigenvalue weighted by Gasteiger charge is 2.82. The summed E-state index contributed by atoms with van der Waals surface area (Å²) in [7, 11) is -4.70. The normalized spacial score (nSPS) is 47.6. The number of fused-ring (bicyclic) bond motifs is 2. The lowest BCUT2D eigenvalue weighted by Crippen LogP contribution is -2.58. The van der Waals surface area contributed by atoms with Crippen molar-refractivity contribution in [3.05, 3.63) is 11.6 Å². The minimum atomic E-state index is -4.70. The molecule has 0 N–H and O–H groups in total. The van der Waals surface area contributed by atoms with Crippen LogP contribution in [0.2, 0.25) is 0 Å². The summed E-state index contributed by atoms with van der Waals surface area (Å²) < 4.78 is 39.5. The molecular formula is C30H47O5S-. The van der Waals surface area contributed by atoms with Crippen molar-refractivity contribution >= 4 is 16.2 Å². The number of allylic oxidation sites excluding steroid dienone is 2. The van der Waals surface area contributed by atoms with E-state index in [4.69, 9.17) is 4.18 Å². The Balaban J connectivity index is 1.39. The van der Waals surface area contributed by atoms with Crippen molar-refractivity contribution in [3.8, 4) is 0 Å². The van der Waals surface area contributed by atoms with Crippen molar-refractivity contribution in [2.75, 3.05) is 0 Å². The standard InChI is InChI=1S/C30H48O5S/c1-19(2)16-21(31)17-20(3)22-10-12-28(7)24-9-8-23-26(4,5)25(35-36(32,33)34)11-13-29(23)18-30(24,29)15-14-27(22,28)6/h16,20,22-25H,8-15,17-18H2,1-7H3,(H,32,33,34)/p-1/t20-,22-,23+,24+,25?,27-,28+,29-,30+/m1/s1.